The standard InChI is InChI=1S/C35H46O2/c1-22(2)23(3)12-13-24(4)32-16-17-33-31-21-27-20-28(37-34(36)26-10-8-7-9-11-26)14-15-29(27)25(5)30(31)18-19-35(32,33)6/h7-13,21-24,28,32-33H,14-20H2,1-6H3/b13-12+. The lowest BCUT2D eigenvalue weighted by Crippen LogP contribution is -2.36. The van der Waals surface area contributed by atoms with Crippen molar-refractivity contribution in [2.75, 3.05) is 0 Å². The summed E-state index contributed by atoms with van der Waals surface area (Å²) in [5.74, 6) is 3.16. The summed E-state index contributed by atoms with van der Waals surface area (Å²) in [6, 6.07) is 12.0. The summed E-state index contributed by atoms with van der Waals surface area (Å²) in [6.45, 7) is 14.4. The van der Waals surface area contributed by atoms with Crippen LogP contribution in [0.4, 0.5) is 0 Å². The Hall–Kier alpha value is -2.35. The van der Waals surface area contributed by atoms with Gasteiger partial charge in [0.1, 0.15) is 6.10 Å². The summed E-state index contributed by atoms with van der Waals surface area (Å²) >= 11 is 0. The highest BCUT2D eigenvalue weighted by Crippen LogP contribution is 2.61. The van der Waals surface area contributed by atoms with E-state index in [4.69, 9.17) is 4.74 Å². The van der Waals surface area contributed by atoms with Crippen LogP contribution >= 0.6 is 0 Å². The lowest BCUT2D eigenvalue weighted by atomic mass is 9.60. The Morgan fingerprint density at radius 2 is 1.76 bits per heavy atom. The maximum absolute atomic E-state index is 12.7. The molecule has 0 bridgehead atoms. The van der Waals surface area contributed by atoms with Crippen molar-refractivity contribution in [1.82, 2.24) is 0 Å². The Labute approximate surface area is 224 Å². The zero-order valence-electron chi connectivity index (χ0n) is 23.8. The molecule has 0 radical (unpaired) electrons. The molecule has 0 saturated heterocycles. The molecule has 1 fully saturated rings. The molecule has 0 N–H and O–H groups in total. The van der Waals surface area contributed by atoms with E-state index >= 15 is 0 Å². The van der Waals surface area contributed by atoms with Crippen LogP contribution in [-0.2, 0) is 24.0 Å². The fraction of sp³-hybridized carbons (Fsp3) is 0.571. The Bertz CT molecular complexity index is 1160. The summed E-state index contributed by atoms with van der Waals surface area (Å²) in [4.78, 5) is 12.7. The lowest BCUT2D eigenvalue weighted by molar-refractivity contribution is 0.0270. The van der Waals surface area contributed by atoms with E-state index in [1.807, 2.05) is 30.3 Å². The predicted molar refractivity (Wildman–Crippen MR) is 153 cm³/mol. The van der Waals surface area contributed by atoms with Crippen molar-refractivity contribution in [3.63, 3.8) is 0 Å². The van der Waals surface area contributed by atoms with Gasteiger partial charge in [0.2, 0.25) is 0 Å². The molecule has 37 heavy (non-hydrogen) atoms. The number of carbonyl (C=O) groups excluding carboxylic acids is 1. The minimum atomic E-state index is -0.191. The van der Waals surface area contributed by atoms with Crippen LogP contribution in [0.5, 0.6) is 0 Å². The maximum atomic E-state index is 12.7. The number of benzene rings is 2. The molecule has 2 aromatic carbocycles. The smallest absolute Gasteiger partial charge is 0.338 e. The normalized spacial score (nSPS) is 28.5. The highest BCUT2D eigenvalue weighted by Gasteiger charge is 2.51. The van der Waals surface area contributed by atoms with E-state index in [2.05, 4.69) is 59.8 Å². The molecule has 6 unspecified atom stereocenters. The number of carbonyl (C=O) groups is 1. The van der Waals surface area contributed by atoms with Crippen LogP contribution in [0.1, 0.15) is 104 Å². The molecule has 5 rings (SSSR count). The van der Waals surface area contributed by atoms with Gasteiger partial charge in [-0.1, -0.05) is 71.0 Å². The molecule has 0 aliphatic heterocycles. The largest absolute Gasteiger partial charge is 0.458 e. The molecule has 2 heteroatoms. The SMILES string of the molecule is Cc1c2c(cc3c1CCC1(C)C3CCC1C(C)/C=C/C(C)C(C)C)CC(OC(=O)c1ccccc1)CC2. The molecular formula is C35H46O2. The van der Waals surface area contributed by atoms with Crippen LogP contribution < -0.4 is 0 Å². The van der Waals surface area contributed by atoms with Crippen LogP contribution in [0.2, 0.25) is 0 Å². The fourth-order valence-corrected chi connectivity index (χ4v) is 7.82. The molecule has 0 amide bonds. The average molecular weight is 499 g/mol. The first kappa shape index (κ1) is 26.3. The third kappa shape index (κ3) is 4.93. The van der Waals surface area contributed by atoms with Gasteiger partial charge in [-0.2, -0.15) is 0 Å². The van der Waals surface area contributed by atoms with Gasteiger partial charge < -0.3 is 4.74 Å². The van der Waals surface area contributed by atoms with Crippen molar-refractivity contribution in [1.29, 1.82) is 0 Å². The van der Waals surface area contributed by atoms with E-state index in [9.17, 15) is 4.79 Å². The highest BCUT2D eigenvalue weighted by atomic mass is 16.5. The topological polar surface area (TPSA) is 26.3 Å². The number of hydrogen-bond acceptors (Lipinski definition) is 2. The zero-order chi connectivity index (χ0) is 26.3. The molecule has 2 aromatic rings. The van der Waals surface area contributed by atoms with Crippen molar-refractivity contribution in [3.05, 3.63) is 81.9 Å². The van der Waals surface area contributed by atoms with Crippen molar-refractivity contribution in [2.24, 2.45) is 29.1 Å². The van der Waals surface area contributed by atoms with Gasteiger partial charge in [-0.15, -0.1) is 0 Å². The lowest BCUT2D eigenvalue weighted by Gasteiger charge is -2.45. The number of allylic oxidation sites excluding steroid dienone is 2. The van der Waals surface area contributed by atoms with Gasteiger partial charge in [0.25, 0.3) is 0 Å². The zero-order valence-corrected chi connectivity index (χ0v) is 23.8. The van der Waals surface area contributed by atoms with E-state index < -0.39 is 0 Å². The quantitative estimate of drug-likeness (QED) is 0.294. The Kier molecular flexibility index (Phi) is 7.40. The van der Waals surface area contributed by atoms with E-state index in [0.717, 1.165) is 25.2 Å². The van der Waals surface area contributed by atoms with Gasteiger partial charge in [0.15, 0.2) is 0 Å². The summed E-state index contributed by atoms with van der Waals surface area (Å²) in [7, 11) is 0. The van der Waals surface area contributed by atoms with E-state index in [-0.39, 0.29) is 12.1 Å². The number of fused-ring (bicyclic) bond motifs is 4. The summed E-state index contributed by atoms with van der Waals surface area (Å²) in [6.07, 6.45) is 12.9. The third-order valence-corrected chi connectivity index (χ3v) is 10.5. The van der Waals surface area contributed by atoms with Gasteiger partial charge in [-0.3, -0.25) is 0 Å². The van der Waals surface area contributed by atoms with Crippen LogP contribution in [-0.4, -0.2) is 12.1 Å². The van der Waals surface area contributed by atoms with E-state index in [0.29, 0.717) is 34.7 Å². The molecular weight excluding hydrogens is 452 g/mol. The van der Waals surface area contributed by atoms with Crippen molar-refractivity contribution >= 4 is 5.97 Å². The molecule has 6 atom stereocenters. The van der Waals surface area contributed by atoms with Gasteiger partial charge >= 0.3 is 5.97 Å². The van der Waals surface area contributed by atoms with Gasteiger partial charge in [-0.25, -0.2) is 4.79 Å². The third-order valence-electron chi connectivity index (χ3n) is 10.5. The molecule has 3 aliphatic carbocycles. The minimum Gasteiger partial charge on any atom is -0.458 e. The van der Waals surface area contributed by atoms with Gasteiger partial charge in [0.05, 0.1) is 5.56 Å². The summed E-state index contributed by atoms with van der Waals surface area (Å²) in [5.41, 5.74) is 8.76. The second kappa shape index (κ2) is 10.4. The van der Waals surface area contributed by atoms with Gasteiger partial charge in [-0.05, 0) is 120 Å². The maximum Gasteiger partial charge on any atom is 0.338 e. The van der Waals surface area contributed by atoms with Crippen LogP contribution in [0.3, 0.4) is 0 Å². The second-order valence-corrected chi connectivity index (χ2v) is 12.9. The number of rotatable bonds is 6. The molecule has 0 heterocycles. The highest BCUT2D eigenvalue weighted by molar-refractivity contribution is 5.89. The van der Waals surface area contributed by atoms with Crippen LogP contribution in [0.15, 0.2) is 48.6 Å². The summed E-state index contributed by atoms with van der Waals surface area (Å²) < 4.78 is 5.99. The monoisotopic (exact) mass is 498 g/mol. The number of ether oxygens (including phenoxy) is 1. The Morgan fingerprint density at radius 1 is 1.00 bits per heavy atom. The number of hydrogen-bond donors (Lipinski definition) is 0. The first-order valence-electron chi connectivity index (χ1n) is 14.8. The first-order chi connectivity index (χ1) is 17.7. The average Bonchev–Trinajstić information content (AvgIpc) is 3.25. The fourth-order valence-electron chi connectivity index (χ4n) is 7.82. The predicted octanol–water partition coefficient (Wildman–Crippen LogP) is 8.64. The number of esters is 1. The van der Waals surface area contributed by atoms with E-state index in [1.54, 1.807) is 11.1 Å². The Balaban J connectivity index is 1.36. The van der Waals surface area contributed by atoms with Crippen molar-refractivity contribution in [3.8, 4) is 0 Å². The minimum absolute atomic E-state index is 0.0305. The van der Waals surface area contributed by atoms with Crippen LogP contribution in [0, 0.1) is 36.0 Å². The molecule has 1 saturated carbocycles. The van der Waals surface area contributed by atoms with Crippen molar-refractivity contribution in [2.45, 2.75) is 98.5 Å². The van der Waals surface area contributed by atoms with E-state index in [1.165, 1.54) is 42.4 Å². The van der Waals surface area contributed by atoms with Crippen LogP contribution in [0.25, 0.3) is 0 Å². The first-order valence-corrected chi connectivity index (χ1v) is 14.8. The van der Waals surface area contributed by atoms with Gasteiger partial charge in [0, 0.05) is 6.42 Å². The molecule has 2 nitrogen and oxygen atoms in total. The molecule has 0 aromatic heterocycles. The molecule has 198 valence electrons. The molecule has 3 aliphatic rings. The molecule has 0 spiro atoms. The summed E-state index contributed by atoms with van der Waals surface area (Å²) in [5, 5.41) is 0. The Morgan fingerprint density at radius 3 is 2.49 bits per heavy atom. The second-order valence-electron chi connectivity index (χ2n) is 12.9. The van der Waals surface area contributed by atoms with Crippen molar-refractivity contribution < 1.29 is 9.53 Å².